The van der Waals surface area contributed by atoms with Gasteiger partial charge in [0.25, 0.3) is 0 Å². The van der Waals surface area contributed by atoms with Crippen molar-refractivity contribution < 1.29 is 14.4 Å². The third-order valence-corrected chi connectivity index (χ3v) is 7.42. The molecule has 1 saturated carbocycles. The van der Waals surface area contributed by atoms with E-state index in [4.69, 9.17) is 0 Å². The van der Waals surface area contributed by atoms with Crippen molar-refractivity contribution in [2.45, 2.75) is 45.3 Å². The molecule has 192 valence electrons. The zero-order chi connectivity index (χ0) is 26.4. The summed E-state index contributed by atoms with van der Waals surface area (Å²) in [5.41, 5.74) is 1.16. The quantitative estimate of drug-likeness (QED) is 0.372. The molecule has 4 aromatic heterocycles. The van der Waals surface area contributed by atoms with Crippen LogP contribution in [0.5, 0.6) is 0 Å². The molecule has 0 spiro atoms. The van der Waals surface area contributed by atoms with Crippen LogP contribution in [0.1, 0.15) is 47.7 Å². The highest BCUT2D eigenvalue weighted by molar-refractivity contribution is 6.05. The van der Waals surface area contributed by atoms with Crippen LogP contribution >= 0.6 is 0 Å². The zero-order valence-electron chi connectivity index (χ0n) is 21.0. The smallest absolute Gasteiger partial charge is 0.245 e. The Morgan fingerprint density at radius 3 is 2.66 bits per heavy atom. The second kappa shape index (κ2) is 9.40. The van der Waals surface area contributed by atoms with Crippen molar-refractivity contribution in [2.75, 3.05) is 5.32 Å². The first-order valence-electron chi connectivity index (χ1n) is 12.6. The fourth-order valence-electron chi connectivity index (χ4n) is 5.50. The molecular formula is C27H26N8O3. The van der Waals surface area contributed by atoms with Gasteiger partial charge in [-0.05, 0) is 55.0 Å². The number of anilines is 2. The summed E-state index contributed by atoms with van der Waals surface area (Å²) in [6.07, 6.45) is 6.22. The largest absolute Gasteiger partial charge is 0.327 e. The highest BCUT2D eigenvalue weighted by Crippen LogP contribution is 2.49. The Bertz CT molecular complexity index is 1540. The van der Waals surface area contributed by atoms with Crippen LogP contribution in [-0.2, 0) is 11.3 Å². The standard InChI is InChI=1S/C27H26N8O3/c1-15-10-21(27(38)19-6-3-4-8-28-19)35(20-11-17(15)20)25(37)14-34-22-13-29-24(31-23-7-5-9-30-32-23)12-18(22)26(33-34)16(2)36/h3-9,12-13,15,17,20-21H,10-11,14H2,1-2H3,(H,29,31,32). The summed E-state index contributed by atoms with van der Waals surface area (Å²) in [5.74, 6) is 1.14. The second-order valence-electron chi connectivity index (χ2n) is 9.96. The van der Waals surface area contributed by atoms with Crippen LogP contribution in [-0.4, -0.2) is 64.4 Å². The minimum absolute atomic E-state index is 0.0268. The summed E-state index contributed by atoms with van der Waals surface area (Å²) in [6, 6.07) is 9.88. The van der Waals surface area contributed by atoms with Gasteiger partial charge in [0.15, 0.2) is 11.6 Å². The maximum absolute atomic E-state index is 13.7. The molecular weight excluding hydrogens is 484 g/mol. The number of likely N-dealkylation sites (tertiary alicyclic amines) is 1. The summed E-state index contributed by atoms with van der Waals surface area (Å²) in [5, 5.41) is 16.0. The van der Waals surface area contributed by atoms with Crippen molar-refractivity contribution in [1.29, 1.82) is 0 Å². The van der Waals surface area contributed by atoms with Crippen LogP contribution in [0.25, 0.3) is 10.9 Å². The number of fused-ring (bicyclic) bond motifs is 2. The van der Waals surface area contributed by atoms with Crippen LogP contribution in [0.2, 0.25) is 0 Å². The first kappa shape index (κ1) is 23.8. The summed E-state index contributed by atoms with van der Waals surface area (Å²) in [6.45, 7) is 3.47. The Labute approximate surface area is 218 Å². The lowest BCUT2D eigenvalue weighted by Crippen LogP contribution is -2.52. The number of rotatable bonds is 7. The number of Topliss-reactive ketones (excluding diaryl/α,β-unsaturated/α-hetero) is 2. The molecule has 1 aliphatic heterocycles. The average molecular weight is 511 g/mol. The van der Waals surface area contributed by atoms with Gasteiger partial charge in [-0.25, -0.2) is 4.98 Å². The molecule has 6 rings (SSSR count). The summed E-state index contributed by atoms with van der Waals surface area (Å²) < 4.78 is 1.51. The van der Waals surface area contributed by atoms with Crippen LogP contribution in [0.15, 0.2) is 55.0 Å². The summed E-state index contributed by atoms with van der Waals surface area (Å²) in [7, 11) is 0. The van der Waals surface area contributed by atoms with E-state index in [0.29, 0.717) is 46.5 Å². The molecule has 5 heterocycles. The fraction of sp³-hybridized carbons (Fsp3) is 0.333. The topological polar surface area (TPSA) is 136 Å². The Hall–Kier alpha value is -4.54. The van der Waals surface area contributed by atoms with Crippen LogP contribution in [0.4, 0.5) is 11.6 Å². The molecule has 1 aliphatic carbocycles. The Morgan fingerprint density at radius 1 is 1.05 bits per heavy atom. The Balaban J connectivity index is 1.30. The highest BCUT2D eigenvalue weighted by Gasteiger charge is 2.55. The van der Waals surface area contributed by atoms with Crippen molar-refractivity contribution in [1.82, 2.24) is 34.8 Å². The molecule has 0 bridgehead atoms. The number of hydrogen-bond acceptors (Lipinski definition) is 9. The molecule has 0 aromatic carbocycles. The van der Waals surface area contributed by atoms with Crippen molar-refractivity contribution in [3.63, 3.8) is 0 Å². The van der Waals surface area contributed by atoms with Gasteiger partial charge in [-0.1, -0.05) is 13.0 Å². The van der Waals surface area contributed by atoms with Crippen molar-refractivity contribution in [2.24, 2.45) is 11.8 Å². The van der Waals surface area contributed by atoms with Gasteiger partial charge < -0.3 is 10.2 Å². The molecule has 38 heavy (non-hydrogen) atoms. The summed E-state index contributed by atoms with van der Waals surface area (Å²) in [4.78, 5) is 50.0. The van der Waals surface area contributed by atoms with Gasteiger partial charge in [0.2, 0.25) is 11.7 Å². The molecule has 11 nitrogen and oxygen atoms in total. The monoisotopic (exact) mass is 510 g/mol. The molecule has 1 N–H and O–H groups in total. The number of carbonyl (C=O) groups is 3. The number of pyridine rings is 2. The van der Waals surface area contributed by atoms with Crippen molar-refractivity contribution in [3.05, 3.63) is 66.4 Å². The van der Waals surface area contributed by atoms with Crippen LogP contribution in [0, 0.1) is 11.8 Å². The number of piperidine rings is 1. The molecule has 11 heteroatoms. The predicted molar refractivity (Wildman–Crippen MR) is 138 cm³/mol. The first-order valence-corrected chi connectivity index (χ1v) is 12.6. The molecule has 1 amide bonds. The van der Waals surface area contributed by atoms with Gasteiger partial charge in [0.1, 0.15) is 23.8 Å². The van der Waals surface area contributed by atoms with E-state index >= 15 is 0 Å². The number of ketones is 2. The Kier molecular flexibility index (Phi) is 5.90. The zero-order valence-corrected chi connectivity index (χ0v) is 21.0. The van der Waals surface area contributed by atoms with Gasteiger partial charge in [-0.2, -0.15) is 10.2 Å². The normalized spacial score (nSPS) is 22.1. The number of amides is 1. The molecule has 2 fully saturated rings. The molecule has 4 atom stereocenters. The number of nitrogens with zero attached hydrogens (tertiary/aromatic N) is 7. The molecule has 1 saturated heterocycles. The molecule has 4 unspecified atom stereocenters. The highest BCUT2D eigenvalue weighted by atomic mass is 16.2. The number of hydrogen-bond donors (Lipinski definition) is 1. The van der Waals surface area contributed by atoms with Gasteiger partial charge in [-0.15, -0.1) is 5.10 Å². The number of carbonyl (C=O) groups excluding carboxylic acids is 3. The van der Waals surface area contributed by atoms with Gasteiger partial charge in [0.05, 0.1) is 17.8 Å². The van der Waals surface area contributed by atoms with Crippen LogP contribution in [0.3, 0.4) is 0 Å². The lowest BCUT2D eigenvalue weighted by atomic mass is 9.88. The van der Waals surface area contributed by atoms with E-state index in [1.807, 2.05) is 0 Å². The van der Waals surface area contributed by atoms with E-state index in [1.54, 1.807) is 59.9 Å². The van der Waals surface area contributed by atoms with Gasteiger partial charge in [-0.3, -0.25) is 24.0 Å². The molecule has 0 radical (unpaired) electrons. The summed E-state index contributed by atoms with van der Waals surface area (Å²) >= 11 is 0. The lowest BCUT2D eigenvalue weighted by Gasteiger charge is -2.37. The van der Waals surface area contributed by atoms with E-state index in [9.17, 15) is 14.4 Å². The van der Waals surface area contributed by atoms with E-state index in [1.165, 1.54) is 11.6 Å². The van der Waals surface area contributed by atoms with Gasteiger partial charge >= 0.3 is 0 Å². The maximum atomic E-state index is 13.7. The Morgan fingerprint density at radius 2 is 1.92 bits per heavy atom. The third-order valence-electron chi connectivity index (χ3n) is 7.42. The third kappa shape index (κ3) is 4.29. The number of nitrogens with one attached hydrogen (secondary N) is 1. The molecule has 4 aromatic rings. The maximum Gasteiger partial charge on any atom is 0.245 e. The van der Waals surface area contributed by atoms with Crippen LogP contribution < -0.4 is 5.32 Å². The minimum atomic E-state index is -0.578. The van der Waals surface area contributed by atoms with E-state index < -0.39 is 6.04 Å². The van der Waals surface area contributed by atoms with Gasteiger partial charge in [0, 0.05) is 30.7 Å². The predicted octanol–water partition coefficient (Wildman–Crippen LogP) is 3.07. The lowest BCUT2D eigenvalue weighted by molar-refractivity contribution is -0.136. The first-order chi connectivity index (χ1) is 18.4. The molecule has 2 aliphatic rings. The second-order valence-corrected chi connectivity index (χ2v) is 9.96. The van der Waals surface area contributed by atoms with E-state index in [2.05, 4.69) is 37.5 Å². The minimum Gasteiger partial charge on any atom is -0.327 e. The van der Waals surface area contributed by atoms with Crippen molar-refractivity contribution >= 4 is 40.0 Å². The van der Waals surface area contributed by atoms with E-state index in [-0.39, 0.29) is 35.8 Å². The average Bonchev–Trinajstić information content (AvgIpc) is 3.65. The van der Waals surface area contributed by atoms with Crippen molar-refractivity contribution in [3.8, 4) is 0 Å². The fourth-order valence-corrected chi connectivity index (χ4v) is 5.50. The SMILES string of the molecule is CC(=O)c1nn(CC(=O)N2C(C(=O)c3ccccn3)CC(C)C3CC32)c2cnc(Nc3cccnn3)cc12. The number of aromatic nitrogens is 6. The van der Waals surface area contributed by atoms with E-state index in [0.717, 1.165) is 6.42 Å².